The van der Waals surface area contributed by atoms with Crippen molar-refractivity contribution in [2.45, 2.75) is 26.7 Å². The van der Waals surface area contributed by atoms with Crippen molar-refractivity contribution in [3.05, 3.63) is 11.6 Å². The van der Waals surface area contributed by atoms with Crippen molar-refractivity contribution in [2.75, 3.05) is 0 Å². The van der Waals surface area contributed by atoms with Gasteiger partial charge in [0.15, 0.2) is 0 Å². The summed E-state index contributed by atoms with van der Waals surface area (Å²) in [6.45, 7) is 3.68. The number of hydrogen-bond acceptors (Lipinski definition) is 2. The van der Waals surface area contributed by atoms with Crippen LogP contribution in [-0.2, 0) is 9.59 Å². The molecule has 0 aliphatic rings. The largest absolute Gasteiger partial charge is 0.478 e. The molecule has 4 heteroatoms. The van der Waals surface area contributed by atoms with Gasteiger partial charge in [0.1, 0.15) is 0 Å². The molecule has 0 amide bonds. The zero-order valence-corrected chi connectivity index (χ0v) is 7.78. The van der Waals surface area contributed by atoms with Gasteiger partial charge in [-0.1, -0.05) is 13.8 Å². The van der Waals surface area contributed by atoms with Crippen LogP contribution in [0.2, 0.25) is 0 Å². The Balaban J connectivity index is 4.78. The highest BCUT2D eigenvalue weighted by molar-refractivity contribution is 5.95. The average molecular weight is 186 g/mol. The van der Waals surface area contributed by atoms with Crippen molar-refractivity contribution in [3.8, 4) is 0 Å². The molecule has 0 aromatic heterocycles. The first-order valence-corrected chi connectivity index (χ1v) is 4.20. The molecular formula is C9H14O4. The fourth-order valence-corrected chi connectivity index (χ4v) is 1.22. The van der Waals surface area contributed by atoms with Gasteiger partial charge in [-0.25, -0.2) is 9.59 Å². The van der Waals surface area contributed by atoms with E-state index in [1.165, 1.54) is 0 Å². The monoisotopic (exact) mass is 186 g/mol. The molecule has 0 fully saturated rings. The van der Waals surface area contributed by atoms with E-state index >= 15 is 0 Å². The fraction of sp³-hybridized carbons (Fsp3) is 0.556. The third-order valence-electron chi connectivity index (χ3n) is 1.95. The van der Waals surface area contributed by atoms with Crippen LogP contribution in [0.1, 0.15) is 26.7 Å². The summed E-state index contributed by atoms with van der Waals surface area (Å²) in [5, 5.41) is 17.2. The maximum atomic E-state index is 10.7. The normalized spacial score (nSPS) is 11.8. The minimum absolute atomic E-state index is 0.0162. The van der Waals surface area contributed by atoms with Gasteiger partial charge in [0.2, 0.25) is 0 Å². The molecule has 0 spiro atoms. The third-order valence-corrected chi connectivity index (χ3v) is 1.95. The van der Waals surface area contributed by atoms with Crippen LogP contribution in [0.3, 0.4) is 0 Å². The molecule has 13 heavy (non-hydrogen) atoms. The fourth-order valence-electron chi connectivity index (χ4n) is 1.22. The Morgan fingerprint density at radius 3 is 1.92 bits per heavy atom. The summed E-state index contributed by atoms with van der Waals surface area (Å²) < 4.78 is 0. The van der Waals surface area contributed by atoms with Gasteiger partial charge < -0.3 is 10.2 Å². The van der Waals surface area contributed by atoms with Crippen LogP contribution in [0.15, 0.2) is 11.6 Å². The quantitative estimate of drug-likeness (QED) is 0.638. The van der Waals surface area contributed by atoms with Crippen LogP contribution in [0.4, 0.5) is 0 Å². The SMILES string of the molecule is CCC(CC)/C(=C/C(=O)O)C(=O)O. The lowest BCUT2D eigenvalue weighted by Gasteiger charge is -2.11. The smallest absolute Gasteiger partial charge is 0.332 e. The van der Waals surface area contributed by atoms with E-state index in [-0.39, 0.29) is 11.5 Å². The number of carbonyl (C=O) groups is 2. The summed E-state index contributed by atoms with van der Waals surface area (Å²) >= 11 is 0. The molecule has 0 aliphatic heterocycles. The van der Waals surface area contributed by atoms with Crippen molar-refractivity contribution in [1.82, 2.24) is 0 Å². The van der Waals surface area contributed by atoms with Gasteiger partial charge >= 0.3 is 11.9 Å². The molecule has 74 valence electrons. The first-order valence-electron chi connectivity index (χ1n) is 4.20. The molecular weight excluding hydrogens is 172 g/mol. The first-order chi connectivity index (χ1) is 6.02. The Hall–Kier alpha value is -1.32. The Morgan fingerprint density at radius 1 is 1.23 bits per heavy atom. The number of carboxylic acid groups (broad SMARTS) is 2. The summed E-state index contributed by atoms with van der Waals surface area (Å²) in [5.41, 5.74) is -0.0162. The van der Waals surface area contributed by atoms with Crippen molar-refractivity contribution in [1.29, 1.82) is 0 Å². The van der Waals surface area contributed by atoms with Gasteiger partial charge in [-0.15, -0.1) is 0 Å². The second-order valence-electron chi connectivity index (χ2n) is 2.76. The maximum Gasteiger partial charge on any atom is 0.332 e. The third kappa shape index (κ3) is 3.73. The predicted molar refractivity (Wildman–Crippen MR) is 47.4 cm³/mol. The van der Waals surface area contributed by atoms with Gasteiger partial charge in [0, 0.05) is 11.6 Å². The van der Waals surface area contributed by atoms with E-state index in [1.54, 1.807) is 0 Å². The van der Waals surface area contributed by atoms with Crippen LogP contribution in [-0.4, -0.2) is 22.2 Å². The molecule has 0 unspecified atom stereocenters. The van der Waals surface area contributed by atoms with E-state index in [1.807, 2.05) is 13.8 Å². The van der Waals surface area contributed by atoms with Crippen LogP contribution >= 0.6 is 0 Å². The minimum Gasteiger partial charge on any atom is -0.478 e. The molecule has 0 aromatic carbocycles. The summed E-state index contributed by atoms with van der Waals surface area (Å²) in [6, 6.07) is 0. The Morgan fingerprint density at radius 2 is 1.69 bits per heavy atom. The van der Waals surface area contributed by atoms with Crippen LogP contribution < -0.4 is 0 Å². The van der Waals surface area contributed by atoms with E-state index in [9.17, 15) is 9.59 Å². The van der Waals surface area contributed by atoms with Crippen molar-refractivity contribution >= 4 is 11.9 Å². The maximum absolute atomic E-state index is 10.7. The lowest BCUT2D eigenvalue weighted by Crippen LogP contribution is -2.13. The lowest BCUT2D eigenvalue weighted by molar-refractivity contribution is -0.135. The zero-order valence-electron chi connectivity index (χ0n) is 7.78. The second kappa shape index (κ2) is 5.35. The molecule has 0 heterocycles. The van der Waals surface area contributed by atoms with Crippen LogP contribution in [0.5, 0.6) is 0 Å². The number of hydrogen-bond donors (Lipinski definition) is 2. The van der Waals surface area contributed by atoms with Gasteiger partial charge in [-0.3, -0.25) is 0 Å². The molecule has 2 N–H and O–H groups in total. The lowest BCUT2D eigenvalue weighted by atomic mass is 9.93. The summed E-state index contributed by atoms with van der Waals surface area (Å²) in [5.74, 6) is -2.52. The highest BCUT2D eigenvalue weighted by Crippen LogP contribution is 2.18. The van der Waals surface area contributed by atoms with E-state index in [0.717, 1.165) is 6.08 Å². The molecule has 0 atom stereocenters. The molecule has 0 rings (SSSR count). The Bertz CT molecular complexity index is 226. The Kier molecular flexibility index (Phi) is 4.80. The highest BCUT2D eigenvalue weighted by Gasteiger charge is 2.18. The van der Waals surface area contributed by atoms with E-state index in [2.05, 4.69) is 0 Å². The Labute approximate surface area is 76.9 Å². The van der Waals surface area contributed by atoms with E-state index in [0.29, 0.717) is 12.8 Å². The number of aliphatic carboxylic acids is 2. The second-order valence-corrected chi connectivity index (χ2v) is 2.76. The molecule has 0 radical (unpaired) electrons. The predicted octanol–water partition coefficient (Wildman–Crippen LogP) is 1.52. The van der Waals surface area contributed by atoms with Crippen LogP contribution in [0.25, 0.3) is 0 Å². The van der Waals surface area contributed by atoms with Crippen LogP contribution in [0, 0.1) is 5.92 Å². The van der Waals surface area contributed by atoms with Gasteiger partial charge in [0.05, 0.1) is 0 Å². The molecule has 0 saturated heterocycles. The summed E-state index contributed by atoms with van der Waals surface area (Å²) in [4.78, 5) is 21.0. The standard InChI is InChI=1S/C9H14O4/c1-3-6(4-2)7(9(12)13)5-8(10)11/h5-6H,3-4H2,1-2H3,(H,10,11)(H,12,13)/b7-5-. The average Bonchev–Trinajstić information content (AvgIpc) is 2.04. The molecule has 0 saturated carbocycles. The topological polar surface area (TPSA) is 74.6 Å². The number of carboxylic acids is 2. The first kappa shape index (κ1) is 11.7. The van der Waals surface area contributed by atoms with Crippen molar-refractivity contribution < 1.29 is 19.8 Å². The minimum atomic E-state index is -1.20. The molecule has 0 aliphatic carbocycles. The molecule has 0 bridgehead atoms. The van der Waals surface area contributed by atoms with Crippen molar-refractivity contribution in [3.63, 3.8) is 0 Å². The van der Waals surface area contributed by atoms with Gasteiger partial charge in [-0.05, 0) is 18.8 Å². The zero-order chi connectivity index (χ0) is 10.4. The van der Waals surface area contributed by atoms with E-state index < -0.39 is 11.9 Å². The van der Waals surface area contributed by atoms with E-state index in [4.69, 9.17) is 10.2 Å². The molecule has 4 nitrogen and oxygen atoms in total. The number of rotatable bonds is 5. The summed E-state index contributed by atoms with van der Waals surface area (Å²) in [6.07, 6.45) is 2.06. The van der Waals surface area contributed by atoms with Gasteiger partial charge in [-0.2, -0.15) is 0 Å². The van der Waals surface area contributed by atoms with Gasteiger partial charge in [0.25, 0.3) is 0 Å². The summed E-state index contributed by atoms with van der Waals surface area (Å²) in [7, 11) is 0. The molecule has 0 aromatic rings. The highest BCUT2D eigenvalue weighted by atomic mass is 16.4. The van der Waals surface area contributed by atoms with Crippen molar-refractivity contribution in [2.24, 2.45) is 5.92 Å².